The molecule has 0 spiro atoms. The standard InChI is InChI=1S/C20H35FO5.C17H21NO2/c1-2-3-4-5-6-7-8-9-10-11-12-13-14-15-16-17-19(22)24-18-25-20(23)26-21;1-17-8-4-5-12-10-18(2)9-11-6-7-13(19-3)16(20-17)14(11)15(12)17/h9-10H,2-8,11-18H2,1H3;5-7,15H,4,8-10H2,1-3H3/b10-9-;/t;15?,17-/m.0/s1. The fourth-order valence-electron chi connectivity index (χ4n) is 6.77. The molecule has 0 bridgehead atoms. The van der Waals surface area contributed by atoms with Crippen molar-refractivity contribution in [1.82, 2.24) is 4.90 Å². The number of rotatable bonds is 18. The summed E-state index contributed by atoms with van der Waals surface area (Å²) in [6.45, 7) is 5.91. The van der Waals surface area contributed by atoms with Crippen molar-refractivity contribution in [3.8, 4) is 11.5 Å². The molecule has 2 atom stereocenters. The van der Waals surface area contributed by atoms with Crippen LogP contribution in [0.25, 0.3) is 0 Å². The van der Waals surface area contributed by atoms with Crippen molar-refractivity contribution in [3.05, 3.63) is 47.1 Å². The Hall–Kier alpha value is -3.07. The first-order valence-electron chi connectivity index (χ1n) is 17.3. The van der Waals surface area contributed by atoms with Crippen LogP contribution in [0.15, 0.2) is 35.9 Å². The summed E-state index contributed by atoms with van der Waals surface area (Å²) in [6.07, 6.45) is 23.5. The van der Waals surface area contributed by atoms with Crippen LogP contribution in [-0.4, -0.2) is 50.1 Å². The van der Waals surface area contributed by atoms with E-state index in [4.69, 9.17) is 9.47 Å². The van der Waals surface area contributed by atoms with Crippen LogP contribution >= 0.6 is 0 Å². The smallest absolute Gasteiger partial charge is 0.493 e. The molecule has 1 aliphatic carbocycles. The number of hydrogen-bond donors (Lipinski definition) is 0. The number of carbonyl (C=O) groups is 2. The lowest BCUT2D eigenvalue weighted by atomic mass is 9.73. The van der Waals surface area contributed by atoms with E-state index < -0.39 is 18.9 Å². The number of nitrogens with zero attached hydrogens (tertiary/aromatic N) is 1. The molecule has 9 heteroatoms. The van der Waals surface area contributed by atoms with E-state index >= 15 is 0 Å². The fraction of sp³-hybridized carbons (Fsp3) is 0.676. The number of likely N-dealkylation sites (N-methyl/N-ethyl adjacent to an activating group) is 1. The van der Waals surface area contributed by atoms with Crippen LogP contribution in [0, 0.1) is 0 Å². The molecule has 0 amide bonds. The summed E-state index contributed by atoms with van der Waals surface area (Å²) < 4.78 is 31.9. The molecule has 0 aromatic heterocycles. The normalized spacial score (nSPS) is 19.7. The topological polar surface area (TPSA) is 83.5 Å². The predicted molar refractivity (Wildman–Crippen MR) is 178 cm³/mol. The van der Waals surface area contributed by atoms with Crippen LogP contribution in [0.5, 0.6) is 11.5 Å². The van der Waals surface area contributed by atoms with Gasteiger partial charge in [-0.1, -0.05) is 82.6 Å². The van der Waals surface area contributed by atoms with E-state index in [1.807, 2.05) is 0 Å². The zero-order valence-electron chi connectivity index (χ0n) is 28.6. The number of unbranched alkanes of at least 4 members (excludes halogenated alkanes) is 11. The van der Waals surface area contributed by atoms with Gasteiger partial charge in [-0.15, -0.1) is 0 Å². The van der Waals surface area contributed by atoms with E-state index in [-0.39, 0.29) is 12.0 Å². The molecule has 2 aliphatic heterocycles. The lowest BCUT2D eigenvalue weighted by Gasteiger charge is -2.36. The van der Waals surface area contributed by atoms with E-state index in [0.717, 1.165) is 69.5 Å². The van der Waals surface area contributed by atoms with Gasteiger partial charge in [-0.05, 0) is 76.1 Å². The molecule has 1 aromatic rings. The number of methoxy groups -OCH3 is 1. The quantitative estimate of drug-likeness (QED) is 0.0675. The highest BCUT2D eigenvalue weighted by Gasteiger charge is 2.51. The minimum atomic E-state index is -1.51. The second kappa shape index (κ2) is 20.2. The molecule has 0 N–H and O–H groups in total. The maximum atomic E-state index is 11.3. The zero-order chi connectivity index (χ0) is 33.2. The van der Waals surface area contributed by atoms with Crippen LogP contribution < -0.4 is 9.47 Å². The van der Waals surface area contributed by atoms with Gasteiger partial charge in [0, 0.05) is 35.5 Å². The minimum Gasteiger partial charge on any atom is -0.493 e. The summed E-state index contributed by atoms with van der Waals surface area (Å²) in [5.74, 6) is 1.81. The SMILES string of the molecule is CCCCCCCC/C=C\CCCCCCCC(=O)OCOC(=O)OF.COc1ccc2c3c1O[C@@]1(C)CCC=C(CN(C)C2)C31. The van der Waals surface area contributed by atoms with Crippen LogP contribution in [0.2, 0.25) is 0 Å². The Labute approximate surface area is 275 Å². The third kappa shape index (κ3) is 11.6. The number of allylic oxidation sites excluding steroid dienone is 3. The van der Waals surface area contributed by atoms with Crippen molar-refractivity contribution in [2.24, 2.45) is 0 Å². The second-order valence-corrected chi connectivity index (χ2v) is 12.9. The van der Waals surface area contributed by atoms with Crippen molar-refractivity contribution < 1.29 is 38.0 Å². The molecular weight excluding hydrogens is 589 g/mol. The highest BCUT2D eigenvalue weighted by Crippen LogP contribution is 2.57. The highest BCUT2D eigenvalue weighted by molar-refractivity contribution is 5.69. The summed E-state index contributed by atoms with van der Waals surface area (Å²) in [5.41, 5.74) is 4.19. The van der Waals surface area contributed by atoms with Gasteiger partial charge >= 0.3 is 12.1 Å². The van der Waals surface area contributed by atoms with Gasteiger partial charge in [0.1, 0.15) is 5.60 Å². The van der Waals surface area contributed by atoms with Gasteiger partial charge in [-0.2, -0.15) is 0 Å². The summed E-state index contributed by atoms with van der Waals surface area (Å²) in [4.78, 5) is 26.7. The number of esters is 1. The predicted octanol–water partition coefficient (Wildman–Crippen LogP) is 9.66. The highest BCUT2D eigenvalue weighted by atomic mass is 19.3. The fourth-order valence-corrected chi connectivity index (χ4v) is 6.77. The van der Waals surface area contributed by atoms with Crippen molar-refractivity contribution in [3.63, 3.8) is 0 Å². The Morgan fingerprint density at radius 3 is 2.33 bits per heavy atom. The van der Waals surface area contributed by atoms with Crippen LogP contribution in [0.1, 0.15) is 134 Å². The average Bonchev–Trinajstić information content (AvgIpc) is 3.28. The third-order valence-corrected chi connectivity index (χ3v) is 9.12. The molecule has 1 unspecified atom stereocenters. The molecule has 4 rings (SSSR count). The van der Waals surface area contributed by atoms with Crippen LogP contribution in [0.3, 0.4) is 0 Å². The van der Waals surface area contributed by atoms with E-state index in [0.29, 0.717) is 5.92 Å². The number of benzene rings is 1. The minimum absolute atomic E-state index is 0.0962. The third-order valence-electron chi connectivity index (χ3n) is 9.12. The van der Waals surface area contributed by atoms with Gasteiger partial charge in [0.05, 0.1) is 7.11 Å². The molecule has 0 saturated carbocycles. The number of halogens is 1. The summed E-state index contributed by atoms with van der Waals surface area (Å²) in [6, 6.07) is 4.26. The average molecular weight is 646 g/mol. The Bertz CT molecular complexity index is 1150. The van der Waals surface area contributed by atoms with Crippen molar-refractivity contribution in [1.29, 1.82) is 0 Å². The molecule has 258 valence electrons. The zero-order valence-corrected chi connectivity index (χ0v) is 28.6. The monoisotopic (exact) mass is 645 g/mol. The van der Waals surface area contributed by atoms with Gasteiger partial charge < -0.3 is 18.9 Å². The summed E-state index contributed by atoms with van der Waals surface area (Å²) in [5, 5.41) is 0. The molecular formula is C37H56FNO7. The molecule has 3 aliphatic rings. The Kier molecular flexibility index (Phi) is 16.4. The Morgan fingerprint density at radius 1 is 0.978 bits per heavy atom. The molecule has 0 saturated heterocycles. The summed E-state index contributed by atoms with van der Waals surface area (Å²) >= 11 is 0. The van der Waals surface area contributed by atoms with Crippen LogP contribution in [0.4, 0.5) is 9.32 Å². The maximum absolute atomic E-state index is 11.3. The maximum Gasteiger partial charge on any atom is 0.547 e. The molecule has 1 aromatic carbocycles. The van der Waals surface area contributed by atoms with E-state index in [2.05, 4.69) is 70.6 Å². The van der Waals surface area contributed by atoms with Gasteiger partial charge in [0.15, 0.2) is 11.5 Å². The Balaban J connectivity index is 0.000000256. The van der Waals surface area contributed by atoms with Gasteiger partial charge in [0.2, 0.25) is 6.79 Å². The molecule has 0 radical (unpaired) electrons. The van der Waals surface area contributed by atoms with Gasteiger partial charge in [-0.3, -0.25) is 9.69 Å². The first kappa shape index (κ1) is 37.4. The van der Waals surface area contributed by atoms with E-state index in [9.17, 15) is 14.1 Å². The largest absolute Gasteiger partial charge is 0.547 e. The first-order chi connectivity index (χ1) is 22.3. The van der Waals surface area contributed by atoms with Crippen molar-refractivity contribution in [2.45, 2.75) is 135 Å². The molecule has 8 nitrogen and oxygen atoms in total. The van der Waals surface area contributed by atoms with Gasteiger partial charge in [0.25, 0.3) is 0 Å². The van der Waals surface area contributed by atoms with Gasteiger partial charge in [-0.25, -0.2) is 9.74 Å². The lowest BCUT2D eigenvalue weighted by molar-refractivity contribution is -0.160. The van der Waals surface area contributed by atoms with Crippen LogP contribution in [-0.2, 0) is 25.8 Å². The van der Waals surface area contributed by atoms with Crippen molar-refractivity contribution in [2.75, 3.05) is 27.5 Å². The first-order valence-corrected chi connectivity index (χ1v) is 17.3. The second-order valence-electron chi connectivity index (χ2n) is 12.9. The molecule has 0 fully saturated rings. The molecule has 46 heavy (non-hydrogen) atoms. The number of carbonyl (C=O) groups excluding carboxylic acids is 2. The lowest BCUT2D eigenvalue weighted by Crippen LogP contribution is -2.38. The van der Waals surface area contributed by atoms with E-state index in [1.54, 1.807) is 7.11 Å². The Morgan fingerprint density at radius 2 is 1.65 bits per heavy atom. The number of ether oxygens (including phenoxy) is 4. The molecule has 2 heterocycles. The summed E-state index contributed by atoms with van der Waals surface area (Å²) in [7, 11) is 3.93. The van der Waals surface area contributed by atoms with Crippen molar-refractivity contribution >= 4 is 12.1 Å². The number of hydrogen-bond acceptors (Lipinski definition) is 8. The van der Waals surface area contributed by atoms with E-state index in [1.165, 1.54) is 68.1 Å².